The van der Waals surface area contributed by atoms with E-state index in [0.717, 1.165) is 17.7 Å². The standard InChI is InChI=1S/C25H19F4N3O3/c26-21-10-19(25(27,28)29)7-6-17(21)12-32-13-18(11-30)23(33)20-14-31(9-8-22(20)32)24(34)35-15-16-4-2-1-3-5-16/h1-7,10,13H,8-9,12,14-15H2. The Hall–Kier alpha value is -4.13. The lowest BCUT2D eigenvalue weighted by atomic mass is 10.0. The number of hydrogen-bond acceptors (Lipinski definition) is 4. The number of halogens is 4. The van der Waals surface area contributed by atoms with Crippen molar-refractivity contribution in [3.8, 4) is 6.07 Å². The van der Waals surface area contributed by atoms with Crippen molar-refractivity contribution in [2.45, 2.75) is 32.3 Å². The minimum absolute atomic E-state index is 0.0301. The van der Waals surface area contributed by atoms with E-state index in [2.05, 4.69) is 0 Å². The van der Waals surface area contributed by atoms with E-state index in [4.69, 9.17) is 4.74 Å². The summed E-state index contributed by atoms with van der Waals surface area (Å²) in [6, 6.07) is 13.1. The van der Waals surface area contributed by atoms with Crippen LogP contribution in [0.3, 0.4) is 0 Å². The van der Waals surface area contributed by atoms with E-state index in [0.29, 0.717) is 11.8 Å². The maximum atomic E-state index is 14.4. The van der Waals surface area contributed by atoms with Gasteiger partial charge in [0.15, 0.2) is 0 Å². The second kappa shape index (κ2) is 9.62. The second-order valence-corrected chi connectivity index (χ2v) is 8.05. The van der Waals surface area contributed by atoms with Crippen molar-refractivity contribution in [1.29, 1.82) is 5.26 Å². The largest absolute Gasteiger partial charge is 0.445 e. The Labute approximate surface area is 197 Å². The highest BCUT2D eigenvalue weighted by atomic mass is 19.4. The van der Waals surface area contributed by atoms with Crippen molar-refractivity contribution in [3.63, 3.8) is 0 Å². The first kappa shape index (κ1) is 24.0. The average molecular weight is 485 g/mol. The fraction of sp³-hybridized carbons (Fsp3) is 0.240. The van der Waals surface area contributed by atoms with Gasteiger partial charge in [-0.05, 0) is 17.7 Å². The van der Waals surface area contributed by atoms with E-state index in [1.54, 1.807) is 18.2 Å². The number of aromatic nitrogens is 1. The molecule has 6 nitrogen and oxygen atoms in total. The number of amides is 1. The fourth-order valence-corrected chi connectivity index (χ4v) is 3.95. The van der Waals surface area contributed by atoms with Crippen LogP contribution < -0.4 is 5.43 Å². The molecule has 4 rings (SSSR count). The first-order valence-corrected chi connectivity index (χ1v) is 10.6. The number of carbonyl (C=O) groups is 1. The van der Waals surface area contributed by atoms with Gasteiger partial charge >= 0.3 is 12.3 Å². The van der Waals surface area contributed by atoms with Gasteiger partial charge in [0.2, 0.25) is 5.43 Å². The summed E-state index contributed by atoms with van der Waals surface area (Å²) >= 11 is 0. The first-order valence-electron chi connectivity index (χ1n) is 10.6. The van der Waals surface area contributed by atoms with Crippen LogP contribution in [0.4, 0.5) is 22.4 Å². The summed E-state index contributed by atoms with van der Waals surface area (Å²) in [5, 5.41) is 9.41. The summed E-state index contributed by atoms with van der Waals surface area (Å²) < 4.78 is 59.8. The predicted molar refractivity (Wildman–Crippen MR) is 117 cm³/mol. The van der Waals surface area contributed by atoms with Gasteiger partial charge in [0.1, 0.15) is 24.1 Å². The molecule has 0 atom stereocenters. The Kier molecular flexibility index (Phi) is 6.60. The third kappa shape index (κ3) is 5.19. The number of fused-ring (bicyclic) bond motifs is 1. The quantitative estimate of drug-likeness (QED) is 0.506. The Morgan fingerprint density at radius 2 is 1.89 bits per heavy atom. The number of nitrogens with zero attached hydrogens (tertiary/aromatic N) is 3. The van der Waals surface area contributed by atoms with Crippen molar-refractivity contribution < 1.29 is 27.1 Å². The highest BCUT2D eigenvalue weighted by molar-refractivity contribution is 5.68. The highest BCUT2D eigenvalue weighted by Gasteiger charge is 2.31. The fourth-order valence-electron chi connectivity index (χ4n) is 3.95. The van der Waals surface area contributed by atoms with Crippen molar-refractivity contribution in [2.24, 2.45) is 0 Å². The molecular weight excluding hydrogens is 466 g/mol. The molecule has 0 spiro atoms. The third-order valence-electron chi connectivity index (χ3n) is 5.77. The molecule has 1 aliphatic heterocycles. The summed E-state index contributed by atoms with van der Waals surface area (Å²) in [5.41, 5.74) is -0.422. The SMILES string of the molecule is N#Cc1cn(Cc2ccc(C(F)(F)F)cc2F)c2c(c1=O)CN(C(=O)OCc1ccccc1)CC2. The minimum Gasteiger partial charge on any atom is -0.445 e. The lowest BCUT2D eigenvalue weighted by molar-refractivity contribution is -0.137. The van der Waals surface area contributed by atoms with Crippen LogP contribution in [0, 0.1) is 17.1 Å². The second-order valence-electron chi connectivity index (χ2n) is 8.05. The molecule has 0 unspecified atom stereocenters. The number of nitriles is 1. The zero-order valence-electron chi connectivity index (χ0n) is 18.3. The predicted octanol–water partition coefficient (Wildman–Crippen LogP) is 4.62. The lowest BCUT2D eigenvalue weighted by Crippen LogP contribution is -2.40. The van der Waals surface area contributed by atoms with Gasteiger partial charge in [0.05, 0.1) is 18.7 Å². The molecule has 2 heterocycles. The van der Waals surface area contributed by atoms with Crippen LogP contribution in [-0.2, 0) is 37.0 Å². The smallest absolute Gasteiger partial charge is 0.416 e. The summed E-state index contributed by atoms with van der Waals surface area (Å²) in [4.78, 5) is 26.7. The lowest BCUT2D eigenvalue weighted by Gasteiger charge is -2.30. The Morgan fingerprint density at radius 3 is 2.54 bits per heavy atom. The van der Waals surface area contributed by atoms with Gasteiger partial charge in [0, 0.05) is 36.0 Å². The number of hydrogen-bond donors (Lipinski definition) is 0. The van der Waals surface area contributed by atoms with E-state index in [1.807, 2.05) is 18.2 Å². The summed E-state index contributed by atoms with van der Waals surface area (Å²) in [6.45, 7) is -0.0212. The maximum Gasteiger partial charge on any atom is 0.416 e. The van der Waals surface area contributed by atoms with Crippen molar-refractivity contribution >= 4 is 6.09 Å². The first-order chi connectivity index (χ1) is 16.7. The van der Waals surface area contributed by atoms with Gasteiger partial charge in [-0.3, -0.25) is 4.79 Å². The topological polar surface area (TPSA) is 75.3 Å². The zero-order valence-corrected chi connectivity index (χ0v) is 18.3. The Balaban J connectivity index is 1.58. The van der Waals surface area contributed by atoms with Gasteiger partial charge in [-0.2, -0.15) is 18.4 Å². The van der Waals surface area contributed by atoms with E-state index >= 15 is 0 Å². The van der Waals surface area contributed by atoms with Gasteiger partial charge in [-0.1, -0.05) is 36.4 Å². The molecule has 10 heteroatoms. The number of alkyl halides is 3. The molecule has 180 valence electrons. The molecule has 0 aliphatic carbocycles. The van der Waals surface area contributed by atoms with Crippen LogP contribution in [0.15, 0.2) is 59.5 Å². The normalized spacial score (nSPS) is 13.2. The zero-order chi connectivity index (χ0) is 25.2. The molecular formula is C25H19F4N3O3. The van der Waals surface area contributed by atoms with Crippen molar-refractivity contribution in [2.75, 3.05) is 6.54 Å². The summed E-state index contributed by atoms with van der Waals surface area (Å²) in [7, 11) is 0. The minimum atomic E-state index is -4.68. The number of carbonyl (C=O) groups excluding carboxylic acids is 1. The monoisotopic (exact) mass is 485 g/mol. The molecule has 0 saturated carbocycles. The van der Waals surface area contributed by atoms with Crippen molar-refractivity contribution in [3.05, 3.63) is 104 Å². The van der Waals surface area contributed by atoms with E-state index in [1.165, 1.54) is 15.7 Å². The molecule has 0 bridgehead atoms. The van der Waals surface area contributed by atoms with E-state index < -0.39 is 29.1 Å². The Morgan fingerprint density at radius 1 is 1.14 bits per heavy atom. The van der Waals surface area contributed by atoms with E-state index in [9.17, 15) is 32.4 Å². The molecule has 1 aliphatic rings. The molecule has 0 N–H and O–H groups in total. The third-order valence-corrected chi connectivity index (χ3v) is 5.77. The number of benzene rings is 2. The molecule has 0 radical (unpaired) electrons. The highest BCUT2D eigenvalue weighted by Crippen LogP contribution is 2.30. The molecule has 0 saturated heterocycles. The van der Waals surface area contributed by atoms with Gasteiger partial charge in [-0.15, -0.1) is 0 Å². The Bertz CT molecular complexity index is 1360. The van der Waals surface area contributed by atoms with Crippen LogP contribution in [0.1, 0.15) is 33.5 Å². The van der Waals surface area contributed by atoms with Crippen LogP contribution in [0.25, 0.3) is 0 Å². The van der Waals surface area contributed by atoms with Crippen molar-refractivity contribution in [1.82, 2.24) is 9.47 Å². The number of pyridine rings is 1. The molecule has 1 amide bonds. The molecule has 0 fully saturated rings. The van der Waals surface area contributed by atoms with Crippen LogP contribution in [0.5, 0.6) is 0 Å². The van der Waals surface area contributed by atoms with Crippen LogP contribution >= 0.6 is 0 Å². The average Bonchev–Trinajstić information content (AvgIpc) is 2.85. The number of ether oxygens (including phenoxy) is 1. The maximum absolute atomic E-state index is 14.4. The molecule has 1 aromatic heterocycles. The molecule has 35 heavy (non-hydrogen) atoms. The molecule has 2 aromatic carbocycles. The molecule has 3 aromatic rings. The summed E-state index contributed by atoms with van der Waals surface area (Å²) in [6.07, 6.45) is -3.81. The van der Waals surface area contributed by atoms with Crippen LogP contribution in [-0.4, -0.2) is 22.1 Å². The van der Waals surface area contributed by atoms with Crippen LogP contribution in [0.2, 0.25) is 0 Å². The van der Waals surface area contributed by atoms with Gasteiger partial charge in [-0.25, -0.2) is 9.18 Å². The summed E-state index contributed by atoms with van der Waals surface area (Å²) in [5.74, 6) is -1.05. The number of rotatable bonds is 4. The van der Waals surface area contributed by atoms with Gasteiger partial charge < -0.3 is 14.2 Å². The van der Waals surface area contributed by atoms with Gasteiger partial charge in [0.25, 0.3) is 0 Å². The van der Waals surface area contributed by atoms with E-state index in [-0.39, 0.29) is 49.4 Å².